The van der Waals surface area contributed by atoms with Gasteiger partial charge in [-0.25, -0.2) is 0 Å². The first-order valence-electron chi connectivity index (χ1n) is 6.67. The van der Waals surface area contributed by atoms with Gasteiger partial charge >= 0.3 is 0 Å². The van der Waals surface area contributed by atoms with Crippen LogP contribution in [0.3, 0.4) is 0 Å². The van der Waals surface area contributed by atoms with Crippen LogP contribution in [0.4, 0.5) is 0 Å². The summed E-state index contributed by atoms with van der Waals surface area (Å²) in [7, 11) is 0. The Labute approximate surface area is 133 Å². The summed E-state index contributed by atoms with van der Waals surface area (Å²) in [5.74, 6) is 0. The van der Waals surface area contributed by atoms with Gasteiger partial charge in [0.15, 0.2) is 0 Å². The zero-order chi connectivity index (χ0) is 14.8. The van der Waals surface area contributed by atoms with Crippen molar-refractivity contribution in [2.24, 2.45) is 5.73 Å². The van der Waals surface area contributed by atoms with E-state index >= 15 is 0 Å². The van der Waals surface area contributed by atoms with Gasteiger partial charge in [-0.1, -0.05) is 35.3 Å². The van der Waals surface area contributed by atoms with Crippen LogP contribution in [0.15, 0.2) is 54.7 Å². The van der Waals surface area contributed by atoms with Crippen molar-refractivity contribution in [1.29, 1.82) is 0 Å². The fourth-order valence-electron chi connectivity index (χ4n) is 2.38. The summed E-state index contributed by atoms with van der Waals surface area (Å²) in [6.07, 6.45) is 2.43. The minimum absolute atomic E-state index is 0.134. The van der Waals surface area contributed by atoms with Crippen LogP contribution in [-0.4, -0.2) is 4.98 Å². The lowest BCUT2D eigenvalue weighted by Gasteiger charge is -2.14. The quantitative estimate of drug-likeness (QED) is 0.755. The Morgan fingerprint density at radius 1 is 1.05 bits per heavy atom. The van der Waals surface area contributed by atoms with Gasteiger partial charge in [-0.3, -0.25) is 4.98 Å². The Bertz CT molecular complexity index is 787. The molecule has 0 spiro atoms. The molecule has 1 heterocycles. The van der Waals surface area contributed by atoms with Gasteiger partial charge in [0.05, 0.1) is 5.52 Å². The highest BCUT2D eigenvalue weighted by atomic mass is 35.5. The number of nitrogens with zero attached hydrogens (tertiary/aromatic N) is 1. The van der Waals surface area contributed by atoms with Crippen molar-refractivity contribution < 1.29 is 0 Å². The van der Waals surface area contributed by atoms with E-state index in [9.17, 15) is 0 Å². The van der Waals surface area contributed by atoms with Gasteiger partial charge in [0.1, 0.15) is 0 Å². The molecule has 0 saturated carbocycles. The van der Waals surface area contributed by atoms with Crippen LogP contribution in [-0.2, 0) is 6.42 Å². The Morgan fingerprint density at radius 3 is 2.76 bits per heavy atom. The third-order valence-electron chi connectivity index (χ3n) is 3.50. The third-order valence-corrected chi connectivity index (χ3v) is 4.11. The summed E-state index contributed by atoms with van der Waals surface area (Å²) in [4.78, 5) is 4.31. The Hall–Kier alpha value is -1.61. The topological polar surface area (TPSA) is 38.9 Å². The predicted molar refractivity (Wildman–Crippen MR) is 88.8 cm³/mol. The summed E-state index contributed by atoms with van der Waals surface area (Å²) in [5, 5.41) is 2.45. The molecule has 1 unspecified atom stereocenters. The smallest absolute Gasteiger partial charge is 0.0702 e. The second-order valence-corrected chi connectivity index (χ2v) is 5.85. The van der Waals surface area contributed by atoms with Crippen molar-refractivity contribution in [3.63, 3.8) is 0 Å². The summed E-state index contributed by atoms with van der Waals surface area (Å²) >= 11 is 12.2. The molecule has 2 nitrogen and oxygen atoms in total. The number of hydrogen-bond donors (Lipinski definition) is 1. The number of fused-ring (bicyclic) bond motifs is 1. The first-order chi connectivity index (χ1) is 10.1. The Kier molecular flexibility index (Phi) is 4.11. The SMILES string of the molecule is NC(Cc1cc(Cl)ccc1Cl)c1ccc2ncccc2c1. The number of benzene rings is 2. The van der Waals surface area contributed by atoms with Gasteiger partial charge in [0.25, 0.3) is 0 Å². The van der Waals surface area contributed by atoms with Crippen molar-refractivity contribution >= 4 is 34.1 Å². The lowest BCUT2D eigenvalue weighted by molar-refractivity contribution is 0.723. The molecule has 4 heteroatoms. The average Bonchev–Trinajstić information content (AvgIpc) is 2.50. The molecule has 3 rings (SSSR count). The predicted octanol–water partition coefficient (Wildman–Crippen LogP) is 4.78. The molecule has 1 aromatic heterocycles. The van der Waals surface area contributed by atoms with Crippen LogP contribution < -0.4 is 5.73 Å². The fraction of sp³-hybridized carbons (Fsp3) is 0.118. The monoisotopic (exact) mass is 316 g/mol. The van der Waals surface area contributed by atoms with E-state index in [1.54, 1.807) is 18.3 Å². The molecule has 0 saturated heterocycles. The van der Waals surface area contributed by atoms with E-state index in [-0.39, 0.29) is 6.04 Å². The number of nitrogens with two attached hydrogens (primary N) is 1. The Morgan fingerprint density at radius 2 is 1.90 bits per heavy atom. The van der Waals surface area contributed by atoms with Gasteiger partial charge in [-0.2, -0.15) is 0 Å². The standard InChI is InChI=1S/C17H14Cl2N2/c18-14-4-5-15(19)13(9-14)10-16(20)11-3-6-17-12(8-11)2-1-7-21-17/h1-9,16H,10,20H2. The van der Waals surface area contributed by atoms with Crippen LogP contribution in [0, 0.1) is 0 Å². The molecule has 0 aliphatic rings. The van der Waals surface area contributed by atoms with Crippen LogP contribution in [0.2, 0.25) is 10.0 Å². The molecule has 0 aliphatic carbocycles. The fourth-order valence-corrected chi connectivity index (χ4v) is 2.77. The van der Waals surface area contributed by atoms with Gasteiger partial charge in [0.2, 0.25) is 0 Å². The van der Waals surface area contributed by atoms with Crippen LogP contribution in [0.5, 0.6) is 0 Å². The molecule has 0 aliphatic heterocycles. The maximum atomic E-state index is 6.31. The highest BCUT2D eigenvalue weighted by Crippen LogP contribution is 2.26. The molecule has 21 heavy (non-hydrogen) atoms. The molecule has 0 fully saturated rings. The minimum atomic E-state index is -0.134. The van der Waals surface area contributed by atoms with E-state index in [4.69, 9.17) is 28.9 Å². The van der Waals surface area contributed by atoms with Gasteiger partial charge in [0, 0.05) is 27.7 Å². The van der Waals surface area contributed by atoms with E-state index in [1.165, 1.54) is 0 Å². The molecule has 2 aromatic carbocycles. The number of hydrogen-bond acceptors (Lipinski definition) is 2. The molecule has 0 bridgehead atoms. The molecule has 106 valence electrons. The minimum Gasteiger partial charge on any atom is -0.324 e. The molecular formula is C17H14Cl2N2. The molecule has 1 atom stereocenters. The summed E-state index contributed by atoms with van der Waals surface area (Å²) < 4.78 is 0. The summed E-state index contributed by atoms with van der Waals surface area (Å²) in [6.45, 7) is 0. The summed E-state index contributed by atoms with van der Waals surface area (Å²) in [5.41, 5.74) is 9.30. The van der Waals surface area contributed by atoms with Crippen LogP contribution in [0.1, 0.15) is 17.2 Å². The first-order valence-corrected chi connectivity index (χ1v) is 7.43. The normalized spacial score (nSPS) is 12.5. The van der Waals surface area contributed by atoms with Crippen molar-refractivity contribution in [2.75, 3.05) is 0 Å². The van der Waals surface area contributed by atoms with Crippen molar-refractivity contribution in [1.82, 2.24) is 4.98 Å². The van der Waals surface area contributed by atoms with Crippen LogP contribution >= 0.6 is 23.2 Å². The van der Waals surface area contributed by atoms with E-state index in [0.717, 1.165) is 22.0 Å². The van der Waals surface area contributed by atoms with E-state index in [1.807, 2.05) is 30.3 Å². The van der Waals surface area contributed by atoms with Gasteiger partial charge in [-0.05, 0) is 53.9 Å². The maximum absolute atomic E-state index is 6.31. The van der Waals surface area contributed by atoms with Gasteiger partial charge in [-0.15, -0.1) is 0 Å². The Balaban J connectivity index is 1.89. The summed E-state index contributed by atoms with van der Waals surface area (Å²) in [6, 6.07) is 15.3. The van der Waals surface area contributed by atoms with Crippen molar-refractivity contribution in [3.05, 3.63) is 75.9 Å². The highest BCUT2D eigenvalue weighted by Gasteiger charge is 2.11. The zero-order valence-corrected chi connectivity index (χ0v) is 12.8. The van der Waals surface area contributed by atoms with E-state index in [2.05, 4.69) is 11.1 Å². The molecule has 3 aromatic rings. The molecule has 2 N–H and O–H groups in total. The van der Waals surface area contributed by atoms with E-state index < -0.39 is 0 Å². The van der Waals surface area contributed by atoms with Crippen molar-refractivity contribution in [2.45, 2.75) is 12.5 Å². The zero-order valence-electron chi connectivity index (χ0n) is 11.3. The third kappa shape index (κ3) is 3.18. The average molecular weight is 317 g/mol. The molecule has 0 amide bonds. The second kappa shape index (κ2) is 6.02. The van der Waals surface area contributed by atoms with Gasteiger partial charge < -0.3 is 5.73 Å². The molecular weight excluding hydrogens is 303 g/mol. The van der Waals surface area contributed by atoms with E-state index in [0.29, 0.717) is 16.5 Å². The second-order valence-electron chi connectivity index (χ2n) is 5.00. The highest BCUT2D eigenvalue weighted by molar-refractivity contribution is 6.33. The molecule has 0 radical (unpaired) electrons. The number of aromatic nitrogens is 1. The number of rotatable bonds is 3. The maximum Gasteiger partial charge on any atom is 0.0702 e. The van der Waals surface area contributed by atoms with Crippen LogP contribution in [0.25, 0.3) is 10.9 Å². The number of halogens is 2. The van der Waals surface area contributed by atoms with Crippen molar-refractivity contribution in [3.8, 4) is 0 Å². The lowest BCUT2D eigenvalue weighted by Crippen LogP contribution is -2.13. The largest absolute Gasteiger partial charge is 0.324 e. The number of pyridine rings is 1. The first kappa shape index (κ1) is 14.3. The lowest BCUT2D eigenvalue weighted by atomic mass is 9.98.